The van der Waals surface area contributed by atoms with Gasteiger partial charge in [-0.2, -0.15) is 0 Å². The van der Waals surface area contributed by atoms with Gasteiger partial charge in [-0.25, -0.2) is 9.37 Å². The van der Waals surface area contributed by atoms with Crippen molar-refractivity contribution in [1.29, 1.82) is 0 Å². The van der Waals surface area contributed by atoms with Crippen LogP contribution in [0, 0.1) is 12.7 Å². The van der Waals surface area contributed by atoms with E-state index in [9.17, 15) is 9.18 Å². The molecule has 0 aliphatic heterocycles. The second-order valence-corrected chi connectivity index (χ2v) is 8.36. The van der Waals surface area contributed by atoms with Gasteiger partial charge in [-0.15, -0.1) is 11.3 Å². The molecule has 2 N–H and O–H groups in total. The summed E-state index contributed by atoms with van der Waals surface area (Å²) in [5.41, 5.74) is 3.21. The molecule has 0 spiro atoms. The van der Waals surface area contributed by atoms with Crippen LogP contribution in [-0.2, 0) is 6.42 Å². The lowest BCUT2D eigenvalue weighted by Crippen LogP contribution is -2.25. The van der Waals surface area contributed by atoms with E-state index in [1.165, 1.54) is 23.5 Å². The highest BCUT2D eigenvalue weighted by Crippen LogP contribution is 2.42. The van der Waals surface area contributed by atoms with Crippen molar-refractivity contribution in [2.45, 2.75) is 13.3 Å². The Labute approximate surface area is 194 Å². The second-order valence-electron chi connectivity index (χ2n) is 7.36. The summed E-state index contributed by atoms with van der Waals surface area (Å²) in [5.74, 6) is 1.04. The molecular weight excluding hydrogens is 445 g/mol. The van der Waals surface area contributed by atoms with E-state index in [2.05, 4.69) is 15.3 Å². The zero-order valence-corrected chi connectivity index (χ0v) is 19.6. The van der Waals surface area contributed by atoms with Gasteiger partial charge in [-0.3, -0.25) is 4.79 Å². The number of benzene rings is 2. The number of aryl methyl sites for hydroxylation is 1. The van der Waals surface area contributed by atoms with Crippen molar-refractivity contribution < 1.29 is 23.4 Å². The first-order valence-electron chi connectivity index (χ1n) is 10.3. The predicted molar refractivity (Wildman–Crippen MR) is 126 cm³/mol. The number of aromatic amines is 1. The van der Waals surface area contributed by atoms with Crippen molar-refractivity contribution in [2.24, 2.45) is 0 Å². The molecule has 2 aromatic carbocycles. The number of carbonyl (C=O) groups is 1. The van der Waals surface area contributed by atoms with Gasteiger partial charge in [0.1, 0.15) is 15.7 Å². The van der Waals surface area contributed by atoms with E-state index < -0.39 is 0 Å². The zero-order chi connectivity index (χ0) is 23.5. The summed E-state index contributed by atoms with van der Waals surface area (Å²) in [6.45, 7) is 2.22. The maximum atomic E-state index is 13.6. The number of thiazole rings is 1. The van der Waals surface area contributed by atoms with Crippen molar-refractivity contribution >= 4 is 28.1 Å². The van der Waals surface area contributed by atoms with Crippen molar-refractivity contribution in [3.63, 3.8) is 0 Å². The van der Waals surface area contributed by atoms with E-state index in [-0.39, 0.29) is 11.7 Å². The molecule has 0 unspecified atom stereocenters. The molecule has 0 aliphatic carbocycles. The van der Waals surface area contributed by atoms with Crippen LogP contribution in [0.15, 0.2) is 36.5 Å². The number of H-pyrrole nitrogens is 1. The molecule has 2 aromatic heterocycles. The van der Waals surface area contributed by atoms with E-state index in [0.717, 1.165) is 22.0 Å². The van der Waals surface area contributed by atoms with Crippen molar-refractivity contribution in [2.75, 3.05) is 27.9 Å². The van der Waals surface area contributed by atoms with Gasteiger partial charge in [0.15, 0.2) is 11.5 Å². The third-order valence-corrected chi connectivity index (χ3v) is 6.53. The van der Waals surface area contributed by atoms with E-state index in [0.29, 0.717) is 45.8 Å². The van der Waals surface area contributed by atoms with Crippen molar-refractivity contribution in [3.05, 3.63) is 58.5 Å². The van der Waals surface area contributed by atoms with Gasteiger partial charge in [0, 0.05) is 29.2 Å². The van der Waals surface area contributed by atoms with Crippen LogP contribution < -0.4 is 19.5 Å². The summed E-state index contributed by atoms with van der Waals surface area (Å²) in [4.78, 5) is 21.1. The number of nitrogens with zero attached hydrogens (tertiary/aromatic N) is 1. The standard InChI is InChI=1S/C24H24FN3O4S/c1-13-22(23(29)26-8-7-14-12-27-18-6-5-16(25)11-17(14)18)33-24(28-13)15-9-19(30-2)21(32-4)20(10-15)31-3/h5-6,9-12,27H,7-8H2,1-4H3,(H,26,29). The maximum Gasteiger partial charge on any atom is 0.263 e. The molecule has 4 aromatic rings. The molecule has 33 heavy (non-hydrogen) atoms. The minimum atomic E-state index is -0.285. The Morgan fingerprint density at radius 3 is 2.52 bits per heavy atom. The van der Waals surface area contributed by atoms with Gasteiger partial charge in [-0.1, -0.05) is 0 Å². The number of hydrogen-bond acceptors (Lipinski definition) is 6. The highest BCUT2D eigenvalue weighted by atomic mass is 32.1. The first-order chi connectivity index (χ1) is 15.9. The molecule has 0 fully saturated rings. The zero-order valence-electron chi connectivity index (χ0n) is 18.7. The Hall–Kier alpha value is -3.59. The SMILES string of the molecule is COc1cc(-c2nc(C)c(C(=O)NCCc3c[nH]c4ccc(F)cc34)s2)cc(OC)c1OC. The number of aromatic nitrogens is 2. The first kappa shape index (κ1) is 22.6. The number of fused-ring (bicyclic) bond motifs is 1. The van der Waals surface area contributed by atoms with Crippen molar-refractivity contribution in [1.82, 2.24) is 15.3 Å². The van der Waals surface area contributed by atoms with E-state index in [4.69, 9.17) is 14.2 Å². The Balaban J connectivity index is 1.50. The molecular formula is C24H24FN3O4S. The van der Waals surface area contributed by atoms with Gasteiger partial charge in [0.2, 0.25) is 5.75 Å². The van der Waals surface area contributed by atoms with Crippen LogP contribution >= 0.6 is 11.3 Å². The molecule has 7 nitrogen and oxygen atoms in total. The smallest absolute Gasteiger partial charge is 0.263 e. The number of ether oxygens (including phenoxy) is 3. The number of nitrogens with one attached hydrogen (secondary N) is 2. The Morgan fingerprint density at radius 1 is 1.12 bits per heavy atom. The highest BCUT2D eigenvalue weighted by Gasteiger charge is 2.20. The molecule has 0 bridgehead atoms. The first-order valence-corrected chi connectivity index (χ1v) is 11.1. The summed E-state index contributed by atoms with van der Waals surface area (Å²) >= 11 is 1.29. The molecule has 9 heteroatoms. The quantitative estimate of drug-likeness (QED) is 0.389. The molecule has 4 rings (SSSR count). The molecule has 0 aliphatic rings. The Kier molecular flexibility index (Phi) is 6.50. The summed E-state index contributed by atoms with van der Waals surface area (Å²) in [7, 11) is 4.65. The van der Waals surface area contributed by atoms with Crippen LogP contribution in [0.5, 0.6) is 17.2 Å². The Bertz CT molecular complexity index is 1290. The highest BCUT2D eigenvalue weighted by molar-refractivity contribution is 7.17. The fourth-order valence-corrected chi connectivity index (χ4v) is 4.65. The average Bonchev–Trinajstić information content (AvgIpc) is 3.41. The summed E-state index contributed by atoms with van der Waals surface area (Å²) in [5, 5.41) is 4.43. The van der Waals surface area contributed by atoms with E-state index in [1.807, 2.05) is 6.20 Å². The maximum absolute atomic E-state index is 13.6. The van der Waals surface area contributed by atoms with Gasteiger partial charge in [-0.05, 0) is 49.2 Å². The minimum Gasteiger partial charge on any atom is -0.493 e. The molecule has 172 valence electrons. The molecule has 0 atom stereocenters. The molecule has 0 saturated heterocycles. The van der Waals surface area contributed by atoms with Gasteiger partial charge >= 0.3 is 0 Å². The fraction of sp³-hybridized carbons (Fsp3) is 0.250. The summed E-state index contributed by atoms with van der Waals surface area (Å²) in [6.07, 6.45) is 2.42. The Morgan fingerprint density at radius 2 is 1.85 bits per heavy atom. The second kappa shape index (κ2) is 9.50. The van der Waals surface area contributed by atoms with Crippen LogP contribution in [0.25, 0.3) is 21.5 Å². The third kappa shape index (κ3) is 4.49. The summed E-state index contributed by atoms with van der Waals surface area (Å²) in [6, 6.07) is 8.23. The number of hydrogen-bond donors (Lipinski definition) is 2. The minimum absolute atomic E-state index is 0.199. The third-order valence-electron chi connectivity index (χ3n) is 5.32. The number of methoxy groups -OCH3 is 3. The van der Waals surface area contributed by atoms with Gasteiger partial charge < -0.3 is 24.5 Å². The lowest BCUT2D eigenvalue weighted by atomic mass is 10.1. The van der Waals surface area contributed by atoms with Crippen LogP contribution in [-0.4, -0.2) is 43.7 Å². The molecule has 2 heterocycles. The van der Waals surface area contributed by atoms with Crippen LogP contribution in [0.1, 0.15) is 20.9 Å². The largest absolute Gasteiger partial charge is 0.493 e. The van der Waals surface area contributed by atoms with E-state index >= 15 is 0 Å². The summed E-state index contributed by atoms with van der Waals surface area (Å²) < 4.78 is 29.8. The lowest BCUT2D eigenvalue weighted by Gasteiger charge is -2.13. The van der Waals surface area contributed by atoms with Gasteiger partial charge in [0.25, 0.3) is 5.91 Å². The van der Waals surface area contributed by atoms with Crippen LogP contribution in [0.2, 0.25) is 0 Å². The number of carbonyl (C=O) groups excluding carboxylic acids is 1. The normalized spacial score (nSPS) is 10.9. The monoisotopic (exact) mass is 469 g/mol. The van der Waals surface area contributed by atoms with Crippen molar-refractivity contribution in [3.8, 4) is 27.8 Å². The average molecular weight is 470 g/mol. The molecule has 0 saturated carbocycles. The lowest BCUT2D eigenvalue weighted by molar-refractivity contribution is 0.0957. The number of halogens is 1. The molecule has 0 radical (unpaired) electrons. The molecule has 1 amide bonds. The fourth-order valence-electron chi connectivity index (χ4n) is 3.68. The number of rotatable bonds is 8. The topological polar surface area (TPSA) is 85.5 Å². The van der Waals surface area contributed by atoms with Gasteiger partial charge in [0.05, 0.1) is 27.0 Å². The van der Waals surface area contributed by atoms with Crippen LogP contribution in [0.4, 0.5) is 4.39 Å². The van der Waals surface area contributed by atoms with E-state index in [1.54, 1.807) is 46.5 Å². The number of amides is 1. The van der Waals surface area contributed by atoms with Crippen LogP contribution in [0.3, 0.4) is 0 Å². The predicted octanol–water partition coefficient (Wildman–Crippen LogP) is 4.74.